The van der Waals surface area contributed by atoms with Crippen LogP contribution in [-0.4, -0.2) is 91.0 Å². The van der Waals surface area contributed by atoms with Crippen molar-refractivity contribution >= 4 is 79.6 Å². The molecule has 0 N–H and O–H groups in total. The second kappa shape index (κ2) is 46.2. The van der Waals surface area contributed by atoms with Crippen LogP contribution in [0.3, 0.4) is 0 Å². The maximum absolute atomic E-state index is 9.75. The molecule has 7 aromatic carbocycles. The molecule has 2 saturated heterocycles. The van der Waals surface area contributed by atoms with E-state index in [2.05, 4.69) is 287 Å². The van der Waals surface area contributed by atoms with Crippen molar-refractivity contribution in [2.24, 2.45) is 0 Å². The first-order chi connectivity index (χ1) is 52.9. The van der Waals surface area contributed by atoms with Gasteiger partial charge in [-0.1, -0.05) is 133 Å². The van der Waals surface area contributed by atoms with Crippen LogP contribution in [-0.2, 0) is 18.3 Å². The summed E-state index contributed by atoms with van der Waals surface area (Å²) in [5, 5.41) is 0. The quantitative estimate of drug-likeness (QED) is 0.0320. The van der Waals surface area contributed by atoms with E-state index in [1.54, 1.807) is 96.3 Å². The summed E-state index contributed by atoms with van der Waals surface area (Å²) in [5.74, 6) is 0. The molecule has 3 saturated carbocycles. The molecule has 0 atom stereocenters. The van der Waals surface area contributed by atoms with Crippen LogP contribution in [0.2, 0.25) is 0 Å². The van der Waals surface area contributed by atoms with E-state index in [9.17, 15) is 17.3 Å². The molecule has 3 heterocycles. The number of nitrogens with zero attached hydrogens (tertiary/aromatic N) is 6. The molecule has 0 spiro atoms. The van der Waals surface area contributed by atoms with E-state index in [0.717, 1.165) is 44.8 Å². The second-order valence-corrected chi connectivity index (χ2v) is 42.3. The Balaban J connectivity index is 0.000000250. The molecule has 0 bridgehead atoms. The molecule has 0 aromatic heterocycles. The topological polar surface area (TPSA) is 28.4 Å². The van der Waals surface area contributed by atoms with Gasteiger partial charge in [0.15, 0.2) is 0 Å². The number of aryl methyl sites for hydroxylation is 18. The zero-order valence-corrected chi connectivity index (χ0v) is 76.6. The molecule has 6 aliphatic rings. The number of ether oxygens (including phenoxy) is 1. The molecule has 7 nitrogen and oxygen atoms in total. The average molecular weight is 1700 g/mol. The van der Waals surface area contributed by atoms with Gasteiger partial charge in [0.05, 0.1) is 22.6 Å². The van der Waals surface area contributed by atoms with Crippen molar-refractivity contribution in [1.82, 2.24) is 0 Å². The van der Waals surface area contributed by atoms with Gasteiger partial charge in [-0.25, -0.2) is 9.48 Å². The van der Waals surface area contributed by atoms with Gasteiger partial charge in [0.1, 0.15) is 24.5 Å². The number of halogens is 6. The molecule has 3 aliphatic carbocycles. The second-order valence-electron chi connectivity index (χ2n) is 33.1. The predicted molar refractivity (Wildman–Crippen MR) is 492 cm³/mol. The Morgan fingerprint density at radius 1 is 0.434 bits per heavy atom. The van der Waals surface area contributed by atoms with E-state index in [0.29, 0.717) is 0 Å². The molecular formula is C97H142BCl2F4N6OPRu. The van der Waals surface area contributed by atoms with Crippen LogP contribution in [0.1, 0.15) is 230 Å². The van der Waals surface area contributed by atoms with Gasteiger partial charge in [0.25, 0.3) is 0 Å². The first kappa shape index (κ1) is 97.5. The molecule has 624 valence electrons. The first-order valence-corrected chi connectivity index (χ1v) is 48.2. The van der Waals surface area contributed by atoms with Crippen LogP contribution in [0.25, 0.3) is 0 Å². The molecule has 0 radical (unpaired) electrons. The van der Waals surface area contributed by atoms with Crippen LogP contribution in [0, 0.1) is 131 Å². The van der Waals surface area contributed by atoms with Gasteiger partial charge in [-0.3, -0.25) is 0 Å². The van der Waals surface area contributed by atoms with E-state index in [1.165, 1.54) is 151 Å². The summed E-state index contributed by atoms with van der Waals surface area (Å²) in [5.41, 5.74) is 36.8. The van der Waals surface area contributed by atoms with Crippen molar-refractivity contribution < 1.29 is 40.1 Å². The number of anilines is 5. The monoisotopic (exact) mass is 1700 g/mol. The number of rotatable bonds is 11. The molecule has 113 heavy (non-hydrogen) atoms. The van der Waals surface area contributed by atoms with Gasteiger partial charge >= 0.3 is 80.7 Å². The summed E-state index contributed by atoms with van der Waals surface area (Å²) >= 11 is -1.61. The van der Waals surface area contributed by atoms with Gasteiger partial charge < -0.3 is 41.6 Å². The minimum atomic E-state index is -6.00. The summed E-state index contributed by atoms with van der Waals surface area (Å²) in [6, 6.07) is 37.2. The molecule has 5 fully saturated rings. The molecule has 13 rings (SSSR count). The third kappa shape index (κ3) is 29.2. The van der Waals surface area contributed by atoms with Crippen molar-refractivity contribution in [2.75, 3.05) is 63.8 Å². The van der Waals surface area contributed by atoms with Crippen LogP contribution in [0.15, 0.2) is 129 Å². The summed E-state index contributed by atoms with van der Waals surface area (Å²) in [6.07, 6.45) is 26.0. The normalized spacial score (nSPS) is 16.2. The Morgan fingerprint density at radius 2 is 0.717 bits per heavy atom. The van der Waals surface area contributed by atoms with Crippen molar-refractivity contribution in [1.29, 1.82) is 0 Å². The Morgan fingerprint density at radius 3 is 1.01 bits per heavy atom. The third-order valence-corrected chi connectivity index (χ3v) is 28.5. The summed E-state index contributed by atoms with van der Waals surface area (Å²) < 4.78 is 50.0. The number of benzene rings is 7. The van der Waals surface area contributed by atoms with Gasteiger partial charge in [-0.15, -0.1) is 26.3 Å². The van der Waals surface area contributed by atoms with Gasteiger partial charge in [-0.05, 0) is 289 Å². The van der Waals surface area contributed by atoms with E-state index in [-0.39, 0.29) is 27.3 Å². The molecular weight excluding hydrogens is 1550 g/mol. The Bertz CT molecular complexity index is 3910. The van der Waals surface area contributed by atoms with Gasteiger partial charge in [0.2, 0.25) is 12.7 Å². The molecule has 3 aliphatic heterocycles. The van der Waals surface area contributed by atoms with Crippen LogP contribution >= 0.6 is 27.3 Å². The summed E-state index contributed by atoms with van der Waals surface area (Å²) in [6.45, 7) is 66.4. The molecule has 16 heteroatoms. The zero-order valence-electron chi connectivity index (χ0n) is 72.3. The predicted octanol–water partition coefficient (Wildman–Crippen LogP) is 28.2. The zero-order chi connectivity index (χ0) is 83.1. The summed E-state index contributed by atoms with van der Waals surface area (Å²) in [7, 11) is 5.28. The first-order valence-electron chi connectivity index (χ1n) is 41.0. The SMILES string of the molecule is C.C1CCC([PH+](C2CCCCC2)C2CCCCC2)CC1.C=C.C=C.Cc1cc(C)c(N2C=[N+](c3c(C)cc(C)cc3C)CC2)c(C)c1.Cc1cc(C)c(N2CCN(c3c(C)cc(C)cc3C)C2OC(C)(C)C)c(C)c1.Cc1cc(C)c(N2[CH-]N(c3c(C)cc(C)cc3C)CC2)c(C)c1.F[B-](F)(F)F.[Cl][Ru]([Cl])=[CH]c1ccccc1. The van der Waals surface area contributed by atoms with E-state index >= 15 is 0 Å². The molecule has 7 aromatic rings. The third-order valence-electron chi connectivity index (χ3n) is 22.1. The van der Waals surface area contributed by atoms with E-state index in [1.807, 2.05) is 34.9 Å². The fourth-order valence-corrected chi connectivity index (χ4v) is 25.9. The van der Waals surface area contributed by atoms with Crippen molar-refractivity contribution in [2.45, 2.75) is 278 Å². The number of hydrogen-bond acceptors (Lipinski definition) is 6. The standard InChI is InChI=1S/C25H36N2O.2C21H27N2.C18H33P.C7H6.2C2H4.CH4.BF4.2ClH.Ru/c1-16-12-18(3)22(19(4)13-16)26-10-11-27(24(26)28-25(7,8)9)23-20(5)14-17(2)15-21(23)6;2*1-14-9-16(3)20(17(4)10-14)22-7-8-23(13-22)21-18(5)11-15(2)12-19(21)6;1-4-10-16(11-5-1)19(17-12-6-2-7-13-17)18-14-8-3-9-15-18;1-7-5-3-2-4-6-7;2*1-2;;2-1(3,4)5;;;/h12-15,24H,10-11H2,1-9H3;2*9-13H,7-8H2,1-6H3;16-18H,1-15H2;1-6H;2*1-2H2;1H4;;2*1H;/q;-1;+1;;;;;;-1;;;+2/p-1. The van der Waals surface area contributed by atoms with E-state index < -0.39 is 20.8 Å². The molecule has 0 unspecified atom stereocenters. The number of hydrogen-bond donors (Lipinski definition) is 0. The molecule has 0 amide bonds. The maximum atomic E-state index is 9.75. The fourth-order valence-electron chi connectivity index (χ4n) is 18.8. The average Bonchev–Trinajstić information content (AvgIpc) is 1.65. The van der Waals surface area contributed by atoms with Gasteiger partial charge in [-0.2, -0.15) is 6.67 Å². The minimum absolute atomic E-state index is 0. The van der Waals surface area contributed by atoms with Gasteiger partial charge in [0, 0.05) is 56.9 Å². The van der Waals surface area contributed by atoms with E-state index in [4.69, 9.17) is 24.1 Å². The van der Waals surface area contributed by atoms with Crippen molar-refractivity contribution in [3.63, 3.8) is 0 Å². The Hall–Kier alpha value is -6.06. The van der Waals surface area contributed by atoms with Crippen LogP contribution in [0.5, 0.6) is 0 Å². The fraction of sp³-hybridized carbons (Fsp3) is 0.495. The van der Waals surface area contributed by atoms with Crippen molar-refractivity contribution in [3.05, 3.63) is 242 Å². The Labute approximate surface area is 698 Å². The summed E-state index contributed by atoms with van der Waals surface area (Å²) in [4.78, 5) is 12.1. The van der Waals surface area contributed by atoms with Crippen LogP contribution < -0.4 is 24.5 Å². The Kier molecular flexibility index (Phi) is 39.9. The van der Waals surface area contributed by atoms with Crippen molar-refractivity contribution in [3.8, 4) is 0 Å². The van der Waals surface area contributed by atoms with Crippen LogP contribution in [0.4, 0.5) is 51.4 Å².